The van der Waals surface area contributed by atoms with Gasteiger partial charge in [0.05, 0.1) is 24.5 Å². The van der Waals surface area contributed by atoms with E-state index in [9.17, 15) is 14.0 Å². The van der Waals surface area contributed by atoms with Crippen LogP contribution >= 0.6 is 0 Å². The minimum Gasteiger partial charge on any atom is -0.378 e. The zero-order chi connectivity index (χ0) is 25.8. The van der Waals surface area contributed by atoms with Gasteiger partial charge in [0.15, 0.2) is 0 Å². The van der Waals surface area contributed by atoms with Crippen molar-refractivity contribution in [3.8, 4) is 11.3 Å². The highest BCUT2D eigenvalue weighted by atomic mass is 19.1. The number of carbonyl (C=O) groups excluding carboxylic acids is 2. The number of amides is 2. The molecule has 0 bridgehead atoms. The van der Waals surface area contributed by atoms with Crippen molar-refractivity contribution in [2.24, 2.45) is 0 Å². The number of hydrogen-bond donors (Lipinski definition) is 1. The fraction of sp³-hybridized carbons (Fsp3) is 0.370. The van der Waals surface area contributed by atoms with E-state index in [0.717, 1.165) is 19.4 Å². The molecule has 1 unspecified atom stereocenters. The van der Waals surface area contributed by atoms with Gasteiger partial charge in [0.25, 0.3) is 5.91 Å². The Labute approximate surface area is 214 Å². The average molecular weight is 505 g/mol. The lowest BCUT2D eigenvalue weighted by atomic mass is 9.96. The van der Waals surface area contributed by atoms with Crippen molar-refractivity contribution in [1.82, 2.24) is 24.8 Å². The molecule has 2 aromatic heterocycles. The maximum Gasteiger partial charge on any atom is 0.255 e. The molecule has 10 heteroatoms. The fourth-order valence-corrected chi connectivity index (χ4v) is 4.69. The predicted molar refractivity (Wildman–Crippen MR) is 136 cm³/mol. The van der Waals surface area contributed by atoms with Crippen LogP contribution in [0.4, 0.5) is 15.9 Å². The van der Waals surface area contributed by atoms with Gasteiger partial charge in [-0.05, 0) is 37.1 Å². The molecule has 1 aromatic carbocycles. The number of benzene rings is 1. The Balaban J connectivity index is 1.50. The Morgan fingerprint density at radius 1 is 1.05 bits per heavy atom. The lowest BCUT2D eigenvalue weighted by Gasteiger charge is -2.31. The van der Waals surface area contributed by atoms with Crippen LogP contribution in [0.3, 0.4) is 0 Å². The molecule has 1 atom stereocenters. The van der Waals surface area contributed by atoms with Crippen LogP contribution in [-0.2, 0) is 9.53 Å². The SMILES string of the molecule is CC(=O)N1CCCC(c2nc(Nc3cccc(F)c3)cc(-c3cncc(C(=O)N4CCOCC4)c3)n2)C1. The van der Waals surface area contributed by atoms with E-state index in [4.69, 9.17) is 14.7 Å². The number of nitrogens with one attached hydrogen (secondary N) is 1. The van der Waals surface area contributed by atoms with E-state index in [2.05, 4.69) is 10.3 Å². The molecule has 3 aromatic rings. The van der Waals surface area contributed by atoms with Crippen LogP contribution in [0.5, 0.6) is 0 Å². The number of carbonyl (C=O) groups is 2. The minimum absolute atomic E-state index is 0.0255. The Bertz CT molecular complexity index is 1300. The van der Waals surface area contributed by atoms with Gasteiger partial charge in [0.2, 0.25) is 5.91 Å². The van der Waals surface area contributed by atoms with Gasteiger partial charge < -0.3 is 19.9 Å². The highest BCUT2D eigenvalue weighted by Gasteiger charge is 2.26. The summed E-state index contributed by atoms with van der Waals surface area (Å²) in [5, 5.41) is 3.18. The van der Waals surface area contributed by atoms with E-state index in [1.165, 1.54) is 12.1 Å². The highest BCUT2D eigenvalue weighted by Crippen LogP contribution is 2.29. The average Bonchev–Trinajstić information content (AvgIpc) is 2.93. The van der Waals surface area contributed by atoms with Crippen molar-refractivity contribution in [3.63, 3.8) is 0 Å². The summed E-state index contributed by atoms with van der Waals surface area (Å²) >= 11 is 0. The normalized spacial score (nSPS) is 17.9. The van der Waals surface area contributed by atoms with Gasteiger partial charge in [0.1, 0.15) is 17.5 Å². The van der Waals surface area contributed by atoms with Gasteiger partial charge in [-0.1, -0.05) is 6.07 Å². The second kappa shape index (κ2) is 11.0. The number of likely N-dealkylation sites (tertiary alicyclic amines) is 1. The molecule has 0 spiro atoms. The third-order valence-corrected chi connectivity index (χ3v) is 6.65. The lowest BCUT2D eigenvalue weighted by Crippen LogP contribution is -2.40. The smallest absolute Gasteiger partial charge is 0.255 e. The number of aromatic nitrogens is 3. The number of halogens is 1. The topological polar surface area (TPSA) is 101 Å². The summed E-state index contributed by atoms with van der Waals surface area (Å²) in [7, 11) is 0. The van der Waals surface area contributed by atoms with Crippen LogP contribution in [0.2, 0.25) is 0 Å². The molecule has 2 aliphatic heterocycles. The summed E-state index contributed by atoms with van der Waals surface area (Å²) in [6.45, 7) is 4.93. The van der Waals surface area contributed by atoms with E-state index < -0.39 is 0 Å². The number of hydrogen-bond acceptors (Lipinski definition) is 7. The zero-order valence-electron chi connectivity index (χ0n) is 20.7. The molecule has 5 rings (SSSR count). The molecule has 192 valence electrons. The van der Waals surface area contributed by atoms with Crippen molar-refractivity contribution in [2.75, 3.05) is 44.7 Å². The van der Waals surface area contributed by atoms with Gasteiger partial charge in [0, 0.05) is 68.7 Å². The molecule has 9 nitrogen and oxygen atoms in total. The van der Waals surface area contributed by atoms with E-state index in [-0.39, 0.29) is 23.5 Å². The number of ether oxygens (including phenoxy) is 1. The van der Waals surface area contributed by atoms with E-state index in [1.807, 2.05) is 4.90 Å². The summed E-state index contributed by atoms with van der Waals surface area (Å²) in [5.41, 5.74) is 2.29. The molecule has 0 aliphatic carbocycles. The van der Waals surface area contributed by atoms with E-state index in [0.29, 0.717) is 67.0 Å². The summed E-state index contributed by atoms with van der Waals surface area (Å²) in [5.74, 6) is 0.605. The van der Waals surface area contributed by atoms with Gasteiger partial charge in [-0.25, -0.2) is 14.4 Å². The molecular weight excluding hydrogens is 475 g/mol. The maximum absolute atomic E-state index is 13.8. The number of anilines is 2. The van der Waals surface area contributed by atoms with Crippen LogP contribution in [0, 0.1) is 5.82 Å². The fourth-order valence-electron chi connectivity index (χ4n) is 4.69. The van der Waals surface area contributed by atoms with Gasteiger partial charge in [-0.3, -0.25) is 14.6 Å². The molecule has 0 saturated carbocycles. The van der Waals surface area contributed by atoms with E-state index >= 15 is 0 Å². The molecule has 2 amide bonds. The quantitative estimate of drug-likeness (QED) is 0.566. The largest absolute Gasteiger partial charge is 0.378 e. The van der Waals surface area contributed by atoms with Gasteiger partial charge in [-0.15, -0.1) is 0 Å². The van der Waals surface area contributed by atoms with E-state index in [1.54, 1.807) is 48.5 Å². The summed E-state index contributed by atoms with van der Waals surface area (Å²) < 4.78 is 19.2. The molecule has 4 heterocycles. The summed E-state index contributed by atoms with van der Waals surface area (Å²) in [6, 6.07) is 9.69. The van der Waals surface area contributed by atoms with Crippen molar-refractivity contribution in [1.29, 1.82) is 0 Å². The number of morpholine rings is 1. The third-order valence-electron chi connectivity index (χ3n) is 6.65. The molecular formula is C27H29FN6O3. The van der Waals surface area contributed by atoms with Crippen LogP contribution < -0.4 is 5.32 Å². The Morgan fingerprint density at radius 2 is 1.89 bits per heavy atom. The number of piperidine rings is 1. The first-order valence-electron chi connectivity index (χ1n) is 12.5. The molecule has 2 saturated heterocycles. The Morgan fingerprint density at radius 3 is 2.68 bits per heavy atom. The number of nitrogens with zero attached hydrogens (tertiary/aromatic N) is 5. The van der Waals surface area contributed by atoms with Crippen molar-refractivity contribution in [2.45, 2.75) is 25.7 Å². The predicted octanol–water partition coefficient (Wildman–Crippen LogP) is 3.62. The molecule has 2 fully saturated rings. The Kier molecular flexibility index (Phi) is 7.36. The summed E-state index contributed by atoms with van der Waals surface area (Å²) in [6.07, 6.45) is 4.92. The lowest BCUT2D eigenvalue weighted by molar-refractivity contribution is -0.130. The van der Waals surface area contributed by atoms with Crippen molar-refractivity contribution < 1.29 is 18.7 Å². The standard InChI is InChI=1S/C27H29FN6O3/c1-18(35)34-7-3-4-19(17-34)26-31-24(14-25(32-26)30-23-6-2-5-22(28)13-23)20-12-21(16-29-15-20)27(36)33-8-10-37-11-9-33/h2,5-6,12-16,19H,3-4,7-11,17H2,1H3,(H,30,31,32). The zero-order valence-corrected chi connectivity index (χ0v) is 20.7. The van der Waals surface area contributed by atoms with Crippen LogP contribution in [-0.4, -0.2) is 76.0 Å². The molecule has 37 heavy (non-hydrogen) atoms. The second-order valence-electron chi connectivity index (χ2n) is 9.30. The monoisotopic (exact) mass is 504 g/mol. The minimum atomic E-state index is -0.359. The first kappa shape index (κ1) is 24.8. The van der Waals surface area contributed by atoms with Crippen molar-refractivity contribution >= 4 is 23.3 Å². The number of rotatable bonds is 5. The highest BCUT2D eigenvalue weighted by molar-refractivity contribution is 5.95. The first-order valence-corrected chi connectivity index (χ1v) is 12.5. The van der Waals surface area contributed by atoms with Crippen molar-refractivity contribution in [3.05, 3.63) is 66.0 Å². The third kappa shape index (κ3) is 5.91. The van der Waals surface area contributed by atoms with Gasteiger partial charge >= 0.3 is 0 Å². The molecule has 2 aliphatic rings. The number of pyridine rings is 1. The van der Waals surface area contributed by atoms with Crippen LogP contribution in [0.25, 0.3) is 11.3 Å². The van der Waals surface area contributed by atoms with Crippen LogP contribution in [0.15, 0.2) is 48.8 Å². The molecule has 0 radical (unpaired) electrons. The van der Waals surface area contributed by atoms with Gasteiger partial charge in [-0.2, -0.15) is 0 Å². The maximum atomic E-state index is 13.8. The van der Waals surface area contributed by atoms with Crippen LogP contribution in [0.1, 0.15) is 41.9 Å². The summed E-state index contributed by atoms with van der Waals surface area (Å²) in [4.78, 5) is 42.5. The first-order chi connectivity index (χ1) is 18.0. The second-order valence-corrected chi connectivity index (χ2v) is 9.30. The Hall–Kier alpha value is -3.92. The molecule has 1 N–H and O–H groups in total.